The van der Waals surface area contributed by atoms with Crippen LogP contribution in [-0.2, 0) is 0 Å². The molecule has 1 saturated carbocycles. The molecule has 2 rings (SSSR count). The van der Waals surface area contributed by atoms with Gasteiger partial charge in [0.05, 0.1) is 0 Å². The zero-order chi connectivity index (χ0) is 8.44. The predicted octanol–water partition coefficient (Wildman–Crippen LogP) is 1.22. The summed E-state index contributed by atoms with van der Waals surface area (Å²) in [6.45, 7) is 7.24. The largest absolute Gasteiger partial charge is 0.310 e. The molecule has 1 heterocycles. The third-order valence-corrected chi connectivity index (χ3v) is 3.59. The van der Waals surface area contributed by atoms with Crippen LogP contribution in [-0.4, -0.2) is 36.6 Å². The van der Waals surface area contributed by atoms with E-state index in [1.807, 2.05) is 0 Å². The average Bonchev–Trinajstić information content (AvgIpc) is 2.24. The Labute approximate surface area is 75.3 Å². The van der Waals surface area contributed by atoms with Gasteiger partial charge in [0.15, 0.2) is 0 Å². The van der Waals surface area contributed by atoms with Gasteiger partial charge in [0, 0.05) is 18.6 Å². The van der Waals surface area contributed by atoms with Crippen LogP contribution in [0.15, 0.2) is 0 Å². The van der Waals surface area contributed by atoms with E-state index in [9.17, 15) is 0 Å². The number of hydrogen-bond acceptors (Lipinski definition) is 2. The molecule has 0 bridgehead atoms. The molecule has 0 amide bonds. The second-order valence-electron chi connectivity index (χ2n) is 4.24. The number of hydrogen-bond donors (Lipinski definition) is 1. The first kappa shape index (κ1) is 8.52. The van der Waals surface area contributed by atoms with Gasteiger partial charge in [-0.25, -0.2) is 0 Å². The molecule has 0 atom stereocenters. The van der Waals surface area contributed by atoms with Crippen LogP contribution in [0, 0.1) is 0 Å². The van der Waals surface area contributed by atoms with Gasteiger partial charge in [-0.1, -0.05) is 6.92 Å². The lowest BCUT2D eigenvalue weighted by atomic mass is 9.74. The van der Waals surface area contributed by atoms with Crippen molar-refractivity contribution in [1.29, 1.82) is 0 Å². The highest BCUT2D eigenvalue weighted by atomic mass is 15.2. The Hall–Kier alpha value is -0.0800. The highest BCUT2D eigenvalue weighted by Crippen LogP contribution is 2.35. The molecule has 1 saturated heterocycles. The molecule has 0 aromatic carbocycles. The lowest BCUT2D eigenvalue weighted by Gasteiger charge is -2.42. The first-order chi connectivity index (χ1) is 5.85. The first-order valence-electron chi connectivity index (χ1n) is 5.32. The molecule has 2 fully saturated rings. The fraction of sp³-hybridized carbons (Fsp3) is 1.00. The molecule has 70 valence electrons. The van der Waals surface area contributed by atoms with Crippen molar-refractivity contribution in [2.45, 2.75) is 38.1 Å². The summed E-state index contributed by atoms with van der Waals surface area (Å²) in [6, 6.07) is 0. The van der Waals surface area contributed by atoms with E-state index in [1.165, 1.54) is 51.9 Å². The van der Waals surface area contributed by atoms with Gasteiger partial charge < -0.3 is 10.2 Å². The second-order valence-corrected chi connectivity index (χ2v) is 4.24. The average molecular weight is 168 g/mol. The minimum atomic E-state index is 0.573. The number of rotatable bonds is 1. The lowest BCUT2D eigenvalue weighted by molar-refractivity contribution is 0.177. The summed E-state index contributed by atoms with van der Waals surface area (Å²) in [5, 5.41) is 3.72. The number of nitrogens with zero attached hydrogens (tertiary/aromatic N) is 1. The Bertz CT molecular complexity index is 152. The quantitative estimate of drug-likeness (QED) is 0.633. The fourth-order valence-corrected chi connectivity index (χ4v) is 2.40. The maximum Gasteiger partial charge on any atom is 0.0194 e. The normalized spacial score (nSPS) is 29.8. The third kappa shape index (κ3) is 1.50. The van der Waals surface area contributed by atoms with Crippen molar-refractivity contribution in [2.24, 2.45) is 0 Å². The molecule has 0 aromatic rings. The fourth-order valence-electron chi connectivity index (χ4n) is 2.40. The van der Waals surface area contributed by atoms with Crippen LogP contribution in [0.4, 0.5) is 0 Å². The number of nitrogens with one attached hydrogen (secondary N) is 1. The molecule has 1 aliphatic heterocycles. The van der Waals surface area contributed by atoms with Crippen LogP contribution in [0.3, 0.4) is 0 Å². The summed E-state index contributed by atoms with van der Waals surface area (Å²) in [5.41, 5.74) is 0.573. The van der Waals surface area contributed by atoms with E-state index in [2.05, 4.69) is 17.1 Å². The van der Waals surface area contributed by atoms with Gasteiger partial charge in [-0.15, -0.1) is 0 Å². The van der Waals surface area contributed by atoms with E-state index >= 15 is 0 Å². The van der Waals surface area contributed by atoms with Gasteiger partial charge in [-0.05, 0) is 38.8 Å². The summed E-state index contributed by atoms with van der Waals surface area (Å²) in [7, 11) is 0. The first-order valence-corrected chi connectivity index (χ1v) is 5.32. The van der Waals surface area contributed by atoms with Gasteiger partial charge >= 0.3 is 0 Å². The predicted molar refractivity (Wildman–Crippen MR) is 51.3 cm³/mol. The second kappa shape index (κ2) is 3.35. The van der Waals surface area contributed by atoms with Crippen molar-refractivity contribution in [1.82, 2.24) is 10.2 Å². The molecule has 2 heteroatoms. The van der Waals surface area contributed by atoms with Gasteiger partial charge in [0.25, 0.3) is 0 Å². The van der Waals surface area contributed by atoms with Crippen LogP contribution in [0.5, 0.6) is 0 Å². The standard InChI is InChI=1S/C10H20N2/c1-2-12-8-6-10(4-3-5-10)11-7-9-12/h11H,2-9H2,1H3. The monoisotopic (exact) mass is 168 g/mol. The molecule has 1 aliphatic carbocycles. The zero-order valence-corrected chi connectivity index (χ0v) is 8.10. The molecule has 2 aliphatic rings. The van der Waals surface area contributed by atoms with Crippen LogP contribution >= 0.6 is 0 Å². The topological polar surface area (TPSA) is 15.3 Å². The highest BCUT2D eigenvalue weighted by Gasteiger charge is 2.37. The molecular formula is C10H20N2. The van der Waals surface area contributed by atoms with Gasteiger partial charge in [-0.3, -0.25) is 0 Å². The summed E-state index contributed by atoms with van der Waals surface area (Å²) in [6.07, 6.45) is 5.66. The van der Waals surface area contributed by atoms with E-state index < -0.39 is 0 Å². The Morgan fingerprint density at radius 1 is 1.25 bits per heavy atom. The molecule has 1 spiro atoms. The lowest BCUT2D eigenvalue weighted by Crippen LogP contribution is -2.50. The van der Waals surface area contributed by atoms with Crippen LogP contribution < -0.4 is 5.32 Å². The Balaban J connectivity index is 1.88. The summed E-state index contributed by atoms with van der Waals surface area (Å²) < 4.78 is 0. The summed E-state index contributed by atoms with van der Waals surface area (Å²) >= 11 is 0. The van der Waals surface area contributed by atoms with Crippen molar-refractivity contribution in [3.05, 3.63) is 0 Å². The Kier molecular flexibility index (Phi) is 2.37. The molecule has 0 radical (unpaired) electrons. The molecule has 12 heavy (non-hydrogen) atoms. The summed E-state index contributed by atoms with van der Waals surface area (Å²) in [4.78, 5) is 2.56. The van der Waals surface area contributed by atoms with E-state index in [4.69, 9.17) is 0 Å². The van der Waals surface area contributed by atoms with Crippen LogP contribution in [0.2, 0.25) is 0 Å². The smallest absolute Gasteiger partial charge is 0.0194 e. The minimum Gasteiger partial charge on any atom is -0.310 e. The van der Waals surface area contributed by atoms with E-state index in [0.717, 1.165) is 0 Å². The van der Waals surface area contributed by atoms with Crippen molar-refractivity contribution < 1.29 is 0 Å². The maximum absolute atomic E-state index is 3.72. The third-order valence-electron chi connectivity index (χ3n) is 3.59. The van der Waals surface area contributed by atoms with Crippen LogP contribution in [0.1, 0.15) is 32.6 Å². The van der Waals surface area contributed by atoms with Gasteiger partial charge in [0.2, 0.25) is 0 Å². The number of likely N-dealkylation sites (N-methyl/N-ethyl adjacent to an activating group) is 1. The van der Waals surface area contributed by atoms with Crippen molar-refractivity contribution >= 4 is 0 Å². The highest BCUT2D eigenvalue weighted by molar-refractivity contribution is 4.97. The molecule has 0 aromatic heterocycles. The molecule has 2 nitrogen and oxygen atoms in total. The molecule has 0 unspecified atom stereocenters. The molecular weight excluding hydrogens is 148 g/mol. The van der Waals surface area contributed by atoms with Gasteiger partial charge in [0.1, 0.15) is 0 Å². The maximum atomic E-state index is 3.72. The Morgan fingerprint density at radius 2 is 2.08 bits per heavy atom. The van der Waals surface area contributed by atoms with Crippen molar-refractivity contribution in [3.8, 4) is 0 Å². The van der Waals surface area contributed by atoms with Crippen LogP contribution in [0.25, 0.3) is 0 Å². The zero-order valence-electron chi connectivity index (χ0n) is 8.10. The van der Waals surface area contributed by atoms with E-state index in [-0.39, 0.29) is 0 Å². The van der Waals surface area contributed by atoms with Gasteiger partial charge in [-0.2, -0.15) is 0 Å². The van der Waals surface area contributed by atoms with E-state index in [0.29, 0.717) is 5.54 Å². The van der Waals surface area contributed by atoms with Crippen molar-refractivity contribution in [3.63, 3.8) is 0 Å². The van der Waals surface area contributed by atoms with E-state index in [1.54, 1.807) is 0 Å². The van der Waals surface area contributed by atoms with Crippen molar-refractivity contribution in [2.75, 3.05) is 26.2 Å². The summed E-state index contributed by atoms with van der Waals surface area (Å²) in [5.74, 6) is 0. The Morgan fingerprint density at radius 3 is 2.67 bits per heavy atom. The SMILES string of the molecule is CCN1CCNC2(CCC2)CC1. The molecule has 1 N–H and O–H groups in total. The minimum absolute atomic E-state index is 0.573.